The Hall–Kier alpha value is -0.570. The van der Waals surface area contributed by atoms with Crippen molar-refractivity contribution in [2.45, 2.75) is 45.6 Å². The third-order valence-corrected chi connectivity index (χ3v) is 2.97. The molecule has 1 atom stereocenters. The zero-order valence-corrected chi connectivity index (χ0v) is 10.7. The van der Waals surface area contributed by atoms with Gasteiger partial charge in [0, 0.05) is 0 Å². The van der Waals surface area contributed by atoms with Crippen LogP contribution in [0, 0.1) is 18.8 Å². The highest BCUT2D eigenvalue weighted by atomic mass is 16.6. The molecular formula is C13H24NO2. The van der Waals surface area contributed by atoms with Crippen LogP contribution in [0.1, 0.15) is 40.0 Å². The smallest absolute Gasteiger partial charge is 0.309 e. The molecule has 16 heavy (non-hydrogen) atoms. The molecule has 1 saturated heterocycles. The minimum absolute atomic E-state index is 0.0266. The second-order valence-electron chi connectivity index (χ2n) is 5.52. The van der Waals surface area contributed by atoms with Gasteiger partial charge in [-0.3, -0.25) is 4.79 Å². The first-order valence-corrected chi connectivity index (χ1v) is 6.17. The molecule has 0 bridgehead atoms. The summed E-state index contributed by atoms with van der Waals surface area (Å²) in [5.41, 5.74) is -0.391. The minimum atomic E-state index is -0.391. The van der Waals surface area contributed by atoms with Crippen LogP contribution in [0.25, 0.3) is 0 Å². The molecule has 0 spiro atoms. The van der Waals surface area contributed by atoms with E-state index in [0.29, 0.717) is 12.3 Å². The molecule has 1 rings (SSSR count). The first-order valence-electron chi connectivity index (χ1n) is 6.17. The van der Waals surface area contributed by atoms with Gasteiger partial charge in [0.15, 0.2) is 0 Å². The fourth-order valence-electron chi connectivity index (χ4n) is 2.17. The fourth-order valence-corrected chi connectivity index (χ4v) is 2.17. The molecular weight excluding hydrogens is 202 g/mol. The highest BCUT2D eigenvalue weighted by Crippen LogP contribution is 2.27. The highest BCUT2D eigenvalue weighted by Gasteiger charge is 2.31. The van der Waals surface area contributed by atoms with E-state index in [-0.39, 0.29) is 11.9 Å². The number of carbonyl (C=O) groups excluding carboxylic acids is 1. The Morgan fingerprint density at radius 1 is 1.44 bits per heavy atom. The van der Waals surface area contributed by atoms with Crippen molar-refractivity contribution in [3.05, 3.63) is 6.92 Å². The Bertz CT molecular complexity index is 227. The molecule has 1 N–H and O–H groups in total. The van der Waals surface area contributed by atoms with Gasteiger partial charge < -0.3 is 10.1 Å². The van der Waals surface area contributed by atoms with Gasteiger partial charge in [-0.1, -0.05) is 6.92 Å². The SMILES string of the molecule is [CH2]CC(C(=O)OC(C)(C)C)C1CCNCC1. The third kappa shape index (κ3) is 4.12. The lowest BCUT2D eigenvalue weighted by Gasteiger charge is -2.31. The van der Waals surface area contributed by atoms with Gasteiger partial charge in [-0.05, 0) is 59.0 Å². The number of nitrogens with one attached hydrogen (secondary N) is 1. The first kappa shape index (κ1) is 13.5. The average molecular weight is 226 g/mol. The highest BCUT2D eigenvalue weighted by molar-refractivity contribution is 5.73. The lowest BCUT2D eigenvalue weighted by atomic mass is 9.83. The van der Waals surface area contributed by atoms with Gasteiger partial charge in [0.1, 0.15) is 5.60 Å². The van der Waals surface area contributed by atoms with Crippen LogP contribution in [0.5, 0.6) is 0 Å². The van der Waals surface area contributed by atoms with Gasteiger partial charge in [-0.15, -0.1) is 0 Å². The maximum Gasteiger partial charge on any atom is 0.309 e. The molecule has 0 aliphatic carbocycles. The molecule has 1 radical (unpaired) electrons. The van der Waals surface area contributed by atoms with Crippen LogP contribution in [0.15, 0.2) is 0 Å². The fraction of sp³-hybridized carbons (Fsp3) is 0.846. The number of rotatable bonds is 3. The predicted octanol–water partition coefficient (Wildman–Crippen LogP) is 2.17. The number of piperidine rings is 1. The maximum atomic E-state index is 12.0. The summed E-state index contributed by atoms with van der Waals surface area (Å²) in [5, 5.41) is 3.31. The Kier molecular flexibility index (Phi) is 4.78. The van der Waals surface area contributed by atoms with Crippen LogP contribution < -0.4 is 5.32 Å². The van der Waals surface area contributed by atoms with Crippen LogP contribution in [0.3, 0.4) is 0 Å². The van der Waals surface area contributed by atoms with Crippen LogP contribution in [0.4, 0.5) is 0 Å². The number of hydrogen-bond donors (Lipinski definition) is 1. The summed E-state index contributed by atoms with van der Waals surface area (Å²) in [6.45, 7) is 11.6. The van der Waals surface area contributed by atoms with Crippen molar-refractivity contribution in [2.75, 3.05) is 13.1 Å². The molecule has 93 valence electrons. The van der Waals surface area contributed by atoms with E-state index in [1.165, 1.54) is 0 Å². The normalized spacial score (nSPS) is 20.5. The summed E-state index contributed by atoms with van der Waals surface area (Å²) in [6.07, 6.45) is 2.75. The molecule has 1 aliphatic heterocycles. The predicted molar refractivity (Wildman–Crippen MR) is 64.9 cm³/mol. The zero-order valence-electron chi connectivity index (χ0n) is 10.7. The van der Waals surface area contributed by atoms with Gasteiger partial charge in [-0.2, -0.15) is 0 Å². The van der Waals surface area contributed by atoms with Crippen molar-refractivity contribution in [1.29, 1.82) is 0 Å². The van der Waals surface area contributed by atoms with Crippen LogP contribution in [0.2, 0.25) is 0 Å². The van der Waals surface area contributed by atoms with Crippen molar-refractivity contribution >= 4 is 5.97 Å². The van der Waals surface area contributed by atoms with E-state index in [0.717, 1.165) is 25.9 Å². The Morgan fingerprint density at radius 3 is 2.44 bits per heavy atom. The quantitative estimate of drug-likeness (QED) is 0.750. The van der Waals surface area contributed by atoms with Crippen LogP contribution >= 0.6 is 0 Å². The third-order valence-electron chi connectivity index (χ3n) is 2.97. The summed E-state index contributed by atoms with van der Waals surface area (Å²) in [7, 11) is 0. The standard InChI is InChI=1S/C13H24NO2/c1-5-11(10-6-8-14-9-7-10)12(15)16-13(2,3)4/h10-11,14H,1,5-9H2,2-4H3. The Morgan fingerprint density at radius 2 is 2.00 bits per heavy atom. The lowest BCUT2D eigenvalue weighted by Crippen LogP contribution is -2.37. The Labute approximate surface area is 98.9 Å². The number of hydrogen-bond acceptors (Lipinski definition) is 3. The summed E-state index contributed by atoms with van der Waals surface area (Å²) in [4.78, 5) is 12.0. The van der Waals surface area contributed by atoms with E-state index in [4.69, 9.17) is 4.74 Å². The molecule has 0 saturated carbocycles. The van der Waals surface area contributed by atoms with E-state index in [2.05, 4.69) is 12.2 Å². The van der Waals surface area contributed by atoms with E-state index in [1.807, 2.05) is 20.8 Å². The minimum Gasteiger partial charge on any atom is -0.460 e. The van der Waals surface area contributed by atoms with Gasteiger partial charge in [0.25, 0.3) is 0 Å². The topological polar surface area (TPSA) is 38.3 Å². The molecule has 1 heterocycles. The number of esters is 1. The maximum absolute atomic E-state index is 12.0. The Balaban J connectivity index is 2.55. The van der Waals surface area contributed by atoms with Gasteiger partial charge in [0.2, 0.25) is 0 Å². The van der Waals surface area contributed by atoms with E-state index in [9.17, 15) is 4.79 Å². The largest absolute Gasteiger partial charge is 0.460 e. The van der Waals surface area contributed by atoms with Crippen molar-refractivity contribution in [3.8, 4) is 0 Å². The second-order valence-corrected chi connectivity index (χ2v) is 5.52. The second kappa shape index (κ2) is 5.67. The molecule has 0 aromatic carbocycles. The van der Waals surface area contributed by atoms with Gasteiger partial charge in [-0.25, -0.2) is 0 Å². The van der Waals surface area contributed by atoms with Crippen molar-refractivity contribution in [2.24, 2.45) is 11.8 Å². The number of ether oxygens (including phenoxy) is 1. The van der Waals surface area contributed by atoms with E-state index in [1.54, 1.807) is 0 Å². The first-order chi connectivity index (χ1) is 7.44. The van der Waals surface area contributed by atoms with E-state index < -0.39 is 5.60 Å². The molecule has 1 fully saturated rings. The molecule has 0 amide bonds. The van der Waals surface area contributed by atoms with Crippen molar-refractivity contribution in [3.63, 3.8) is 0 Å². The average Bonchev–Trinajstić information content (AvgIpc) is 2.17. The lowest BCUT2D eigenvalue weighted by molar-refractivity contribution is -0.162. The van der Waals surface area contributed by atoms with Crippen molar-refractivity contribution in [1.82, 2.24) is 5.32 Å². The molecule has 1 aliphatic rings. The molecule has 3 heteroatoms. The summed E-state index contributed by atoms with van der Waals surface area (Å²) >= 11 is 0. The molecule has 0 aromatic heterocycles. The van der Waals surface area contributed by atoms with E-state index >= 15 is 0 Å². The zero-order chi connectivity index (χ0) is 12.2. The molecule has 3 nitrogen and oxygen atoms in total. The number of carbonyl (C=O) groups is 1. The summed E-state index contributed by atoms with van der Waals surface area (Å²) < 4.78 is 5.44. The van der Waals surface area contributed by atoms with Crippen molar-refractivity contribution < 1.29 is 9.53 Å². The summed E-state index contributed by atoms with van der Waals surface area (Å²) in [6, 6.07) is 0. The van der Waals surface area contributed by atoms with Crippen LogP contribution in [-0.4, -0.2) is 24.7 Å². The summed E-state index contributed by atoms with van der Waals surface area (Å²) in [5.74, 6) is 0.337. The monoisotopic (exact) mass is 226 g/mol. The van der Waals surface area contributed by atoms with Crippen LogP contribution in [-0.2, 0) is 9.53 Å². The van der Waals surface area contributed by atoms with Gasteiger partial charge >= 0.3 is 5.97 Å². The molecule has 1 unspecified atom stereocenters. The van der Waals surface area contributed by atoms with Gasteiger partial charge in [0.05, 0.1) is 5.92 Å². The molecule has 0 aromatic rings.